The van der Waals surface area contributed by atoms with E-state index in [0.717, 1.165) is 14.8 Å². The lowest BCUT2D eigenvalue weighted by Gasteiger charge is -2.06. The fraction of sp³-hybridized carbons (Fsp3) is 0.143. The zero-order valence-electron chi connectivity index (χ0n) is 10.6. The molecular formula is C14H11ClN2OS2. The fourth-order valence-corrected chi connectivity index (χ4v) is 3.33. The third kappa shape index (κ3) is 3.06. The Kier molecular flexibility index (Phi) is 4.10. The van der Waals surface area contributed by atoms with Gasteiger partial charge >= 0.3 is 0 Å². The Labute approximate surface area is 130 Å². The SMILES string of the molecule is C[C@H](Sc1ccc(Cl)cc1)c1nnc(-c2cccs2)o1. The van der Waals surface area contributed by atoms with Crippen molar-refractivity contribution in [3.63, 3.8) is 0 Å². The molecule has 20 heavy (non-hydrogen) atoms. The summed E-state index contributed by atoms with van der Waals surface area (Å²) >= 11 is 9.13. The number of aromatic nitrogens is 2. The number of thioether (sulfide) groups is 1. The van der Waals surface area contributed by atoms with E-state index < -0.39 is 0 Å². The summed E-state index contributed by atoms with van der Waals surface area (Å²) < 4.78 is 5.73. The van der Waals surface area contributed by atoms with E-state index in [0.29, 0.717) is 11.8 Å². The van der Waals surface area contributed by atoms with Gasteiger partial charge in [0, 0.05) is 9.92 Å². The van der Waals surface area contributed by atoms with E-state index in [1.807, 2.05) is 48.7 Å². The van der Waals surface area contributed by atoms with Crippen LogP contribution in [0.4, 0.5) is 0 Å². The maximum atomic E-state index is 5.88. The molecule has 2 heterocycles. The minimum atomic E-state index is 0.0948. The minimum Gasteiger partial charge on any atom is -0.419 e. The summed E-state index contributed by atoms with van der Waals surface area (Å²) in [6.45, 7) is 2.05. The van der Waals surface area contributed by atoms with Crippen LogP contribution in [0.3, 0.4) is 0 Å². The summed E-state index contributed by atoms with van der Waals surface area (Å²) in [5.74, 6) is 1.21. The molecule has 2 aromatic heterocycles. The molecule has 0 bridgehead atoms. The van der Waals surface area contributed by atoms with Crippen LogP contribution in [0.1, 0.15) is 18.1 Å². The maximum absolute atomic E-state index is 5.88. The van der Waals surface area contributed by atoms with Gasteiger partial charge in [-0.15, -0.1) is 33.3 Å². The van der Waals surface area contributed by atoms with E-state index in [4.69, 9.17) is 16.0 Å². The molecule has 0 aliphatic rings. The number of halogens is 1. The second kappa shape index (κ2) is 5.99. The Balaban J connectivity index is 1.74. The predicted octanol–water partition coefficient (Wildman–Crippen LogP) is 5.30. The molecule has 6 heteroatoms. The molecule has 0 saturated carbocycles. The van der Waals surface area contributed by atoms with Crippen LogP contribution in [0.5, 0.6) is 0 Å². The molecule has 0 saturated heterocycles. The van der Waals surface area contributed by atoms with Crippen molar-refractivity contribution in [1.29, 1.82) is 0 Å². The first-order valence-corrected chi connectivity index (χ1v) is 8.15. The second-order valence-corrected chi connectivity index (χ2v) is 6.94. The van der Waals surface area contributed by atoms with Crippen LogP contribution in [-0.4, -0.2) is 10.2 Å². The average Bonchev–Trinajstić information content (AvgIpc) is 3.11. The number of thiophene rings is 1. The first-order valence-electron chi connectivity index (χ1n) is 6.02. The molecular weight excluding hydrogens is 312 g/mol. The zero-order chi connectivity index (χ0) is 13.9. The summed E-state index contributed by atoms with van der Waals surface area (Å²) in [7, 11) is 0. The van der Waals surface area contributed by atoms with Crippen LogP contribution in [-0.2, 0) is 0 Å². The van der Waals surface area contributed by atoms with Gasteiger partial charge in [0.15, 0.2) is 0 Å². The second-order valence-electron chi connectivity index (χ2n) is 4.14. The van der Waals surface area contributed by atoms with Gasteiger partial charge in [0.1, 0.15) is 0 Å². The van der Waals surface area contributed by atoms with Crippen molar-refractivity contribution in [2.45, 2.75) is 17.1 Å². The molecule has 0 N–H and O–H groups in total. The Morgan fingerprint density at radius 2 is 2.00 bits per heavy atom. The molecule has 0 amide bonds. The quantitative estimate of drug-likeness (QED) is 0.610. The molecule has 102 valence electrons. The van der Waals surface area contributed by atoms with E-state index in [1.54, 1.807) is 23.1 Å². The lowest BCUT2D eigenvalue weighted by molar-refractivity contribution is 0.510. The summed E-state index contributed by atoms with van der Waals surface area (Å²) in [6.07, 6.45) is 0. The molecule has 0 unspecified atom stereocenters. The van der Waals surface area contributed by atoms with Crippen molar-refractivity contribution in [3.8, 4) is 10.8 Å². The summed E-state index contributed by atoms with van der Waals surface area (Å²) in [6, 6.07) is 11.7. The van der Waals surface area contributed by atoms with E-state index in [9.17, 15) is 0 Å². The first kappa shape index (κ1) is 13.7. The average molecular weight is 323 g/mol. The largest absolute Gasteiger partial charge is 0.419 e. The van der Waals surface area contributed by atoms with E-state index in [1.165, 1.54) is 0 Å². The van der Waals surface area contributed by atoms with E-state index >= 15 is 0 Å². The molecule has 0 aliphatic carbocycles. The summed E-state index contributed by atoms with van der Waals surface area (Å²) in [5, 5.41) is 11.0. The Morgan fingerprint density at radius 1 is 1.20 bits per heavy atom. The van der Waals surface area contributed by atoms with Gasteiger partial charge in [0.2, 0.25) is 5.89 Å². The number of rotatable bonds is 4. The maximum Gasteiger partial charge on any atom is 0.257 e. The molecule has 1 aromatic carbocycles. The molecule has 3 rings (SSSR count). The molecule has 1 atom stereocenters. The number of hydrogen-bond donors (Lipinski definition) is 0. The Bertz CT molecular complexity index is 680. The van der Waals surface area contributed by atoms with Gasteiger partial charge in [-0.25, -0.2) is 0 Å². The normalized spacial score (nSPS) is 12.5. The van der Waals surface area contributed by atoms with Crippen LogP contribution in [0.2, 0.25) is 5.02 Å². The van der Waals surface area contributed by atoms with E-state index in [2.05, 4.69) is 10.2 Å². The first-order chi connectivity index (χ1) is 9.72. The lowest BCUT2D eigenvalue weighted by Crippen LogP contribution is -1.88. The highest BCUT2D eigenvalue weighted by atomic mass is 35.5. The lowest BCUT2D eigenvalue weighted by atomic mass is 10.4. The standard InChI is InChI=1S/C14H11ClN2OS2/c1-9(20-11-6-4-10(15)5-7-11)13-16-17-14(18-13)12-3-2-8-19-12/h2-9H,1H3/t9-/m0/s1. The fourth-order valence-electron chi connectivity index (χ4n) is 1.67. The van der Waals surface area contributed by atoms with Crippen molar-refractivity contribution in [1.82, 2.24) is 10.2 Å². The molecule has 0 radical (unpaired) electrons. The van der Waals surface area contributed by atoms with Gasteiger partial charge in [-0.05, 0) is 42.6 Å². The zero-order valence-corrected chi connectivity index (χ0v) is 13.0. The molecule has 3 nitrogen and oxygen atoms in total. The molecule has 0 spiro atoms. The van der Waals surface area contributed by atoms with Crippen molar-refractivity contribution < 1.29 is 4.42 Å². The smallest absolute Gasteiger partial charge is 0.257 e. The van der Waals surface area contributed by atoms with Gasteiger partial charge in [0.05, 0.1) is 10.1 Å². The topological polar surface area (TPSA) is 38.9 Å². The van der Waals surface area contributed by atoms with Crippen LogP contribution in [0.25, 0.3) is 10.8 Å². The van der Waals surface area contributed by atoms with Gasteiger partial charge in [0.25, 0.3) is 5.89 Å². The van der Waals surface area contributed by atoms with Gasteiger partial charge in [-0.2, -0.15) is 0 Å². The van der Waals surface area contributed by atoms with Crippen LogP contribution in [0, 0.1) is 0 Å². The molecule has 3 aromatic rings. The van der Waals surface area contributed by atoms with Gasteiger partial charge in [-0.3, -0.25) is 0 Å². The molecule has 0 aliphatic heterocycles. The number of nitrogens with zero attached hydrogens (tertiary/aromatic N) is 2. The van der Waals surface area contributed by atoms with Crippen LogP contribution < -0.4 is 0 Å². The van der Waals surface area contributed by atoms with Crippen molar-refractivity contribution >= 4 is 34.7 Å². The van der Waals surface area contributed by atoms with Gasteiger partial charge in [-0.1, -0.05) is 17.7 Å². The van der Waals surface area contributed by atoms with Crippen LogP contribution >= 0.6 is 34.7 Å². The highest BCUT2D eigenvalue weighted by Gasteiger charge is 2.16. The van der Waals surface area contributed by atoms with E-state index in [-0.39, 0.29) is 5.25 Å². The summed E-state index contributed by atoms with van der Waals surface area (Å²) in [4.78, 5) is 2.12. The van der Waals surface area contributed by atoms with Crippen LogP contribution in [0.15, 0.2) is 51.1 Å². The van der Waals surface area contributed by atoms with Crippen molar-refractivity contribution in [2.75, 3.05) is 0 Å². The third-order valence-electron chi connectivity index (χ3n) is 2.65. The third-order valence-corrected chi connectivity index (χ3v) is 4.86. The molecule has 0 fully saturated rings. The number of benzene rings is 1. The van der Waals surface area contributed by atoms with Crippen molar-refractivity contribution in [3.05, 3.63) is 52.7 Å². The monoisotopic (exact) mass is 322 g/mol. The highest BCUT2D eigenvalue weighted by Crippen LogP contribution is 2.35. The Hall–Kier alpha value is -1.30. The van der Waals surface area contributed by atoms with Crippen molar-refractivity contribution in [2.24, 2.45) is 0 Å². The Morgan fingerprint density at radius 3 is 2.70 bits per heavy atom. The van der Waals surface area contributed by atoms with Gasteiger partial charge < -0.3 is 4.42 Å². The number of hydrogen-bond acceptors (Lipinski definition) is 5. The highest BCUT2D eigenvalue weighted by molar-refractivity contribution is 7.99. The predicted molar refractivity (Wildman–Crippen MR) is 83.3 cm³/mol. The minimum absolute atomic E-state index is 0.0948. The summed E-state index contributed by atoms with van der Waals surface area (Å²) in [5.41, 5.74) is 0.